The number of fused-ring (bicyclic) bond motifs is 1. The van der Waals surface area contributed by atoms with Gasteiger partial charge < -0.3 is 10.5 Å². The summed E-state index contributed by atoms with van der Waals surface area (Å²) in [6.07, 6.45) is 4.27. The molecule has 4 nitrogen and oxygen atoms in total. The molecule has 0 amide bonds. The highest BCUT2D eigenvalue weighted by Gasteiger charge is 2.27. The summed E-state index contributed by atoms with van der Waals surface area (Å²) in [7, 11) is 1.79. The maximum atomic E-state index is 5.98. The summed E-state index contributed by atoms with van der Waals surface area (Å²) in [5.41, 5.74) is 8.31. The minimum Gasteiger partial charge on any atom is -0.381 e. The fourth-order valence-corrected chi connectivity index (χ4v) is 3.73. The molecule has 2 aromatic rings. The Labute approximate surface area is 139 Å². The van der Waals surface area contributed by atoms with Crippen molar-refractivity contribution in [2.24, 2.45) is 5.73 Å². The van der Waals surface area contributed by atoms with E-state index in [0.29, 0.717) is 18.7 Å². The molecule has 1 aromatic heterocycles. The number of aromatic nitrogens is 1. The maximum Gasteiger partial charge on any atom is 0.0758 e. The molecule has 0 bridgehead atoms. The molecule has 22 heavy (non-hydrogen) atoms. The van der Waals surface area contributed by atoms with Gasteiger partial charge >= 0.3 is 0 Å². The van der Waals surface area contributed by atoms with Crippen LogP contribution in [0.5, 0.6) is 0 Å². The highest BCUT2D eigenvalue weighted by Crippen LogP contribution is 2.28. The number of nitrogens with zero attached hydrogens (tertiary/aromatic N) is 2. The lowest BCUT2D eigenvalue weighted by Gasteiger charge is -2.38. The second kappa shape index (κ2) is 7.04. The first-order chi connectivity index (χ1) is 10.7. The zero-order valence-corrected chi connectivity index (χ0v) is 14.4. The largest absolute Gasteiger partial charge is 0.381 e. The summed E-state index contributed by atoms with van der Waals surface area (Å²) < 4.78 is 6.60. The summed E-state index contributed by atoms with van der Waals surface area (Å²) in [6, 6.07) is 8.73. The summed E-state index contributed by atoms with van der Waals surface area (Å²) >= 11 is 3.61. The number of benzene rings is 1. The monoisotopic (exact) mass is 363 g/mol. The molecular weight excluding hydrogens is 342 g/mol. The first kappa shape index (κ1) is 15.9. The number of likely N-dealkylation sites (tertiary alicyclic amines) is 1. The minimum atomic E-state index is 0.338. The Hall–Kier alpha value is -1.01. The third kappa shape index (κ3) is 3.18. The van der Waals surface area contributed by atoms with Crippen LogP contribution >= 0.6 is 15.9 Å². The third-order valence-corrected chi connectivity index (χ3v) is 5.26. The Kier molecular flexibility index (Phi) is 5.08. The van der Waals surface area contributed by atoms with Crippen LogP contribution in [0, 0.1) is 0 Å². The van der Waals surface area contributed by atoms with E-state index in [4.69, 9.17) is 10.5 Å². The van der Waals surface area contributed by atoms with Gasteiger partial charge in [0.2, 0.25) is 0 Å². The lowest BCUT2D eigenvalue weighted by Crippen LogP contribution is -2.48. The molecule has 0 aliphatic carbocycles. The normalized spacial score (nSPS) is 23.0. The Morgan fingerprint density at radius 2 is 2.27 bits per heavy atom. The molecule has 0 radical (unpaired) electrons. The van der Waals surface area contributed by atoms with Crippen LogP contribution in [-0.2, 0) is 11.3 Å². The number of halogens is 1. The number of nitrogens with two attached hydrogens (primary N) is 1. The summed E-state index contributed by atoms with van der Waals surface area (Å²) in [6.45, 7) is 2.58. The number of rotatable bonds is 4. The second-order valence-corrected chi connectivity index (χ2v) is 6.70. The van der Waals surface area contributed by atoms with Crippen LogP contribution < -0.4 is 5.73 Å². The van der Waals surface area contributed by atoms with Crippen LogP contribution in [-0.4, -0.2) is 42.2 Å². The number of pyridine rings is 1. The van der Waals surface area contributed by atoms with E-state index in [0.717, 1.165) is 41.3 Å². The van der Waals surface area contributed by atoms with Gasteiger partial charge in [0.25, 0.3) is 0 Å². The van der Waals surface area contributed by atoms with Crippen LogP contribution in [0.15, 0.2) is 34.9 Å². The molecule has 2 heterocycles. The SMILES string of the molecule is COC1CCN(Cc2ccc(Br)c3cccnc23)C(CN)C1. The van der Waals surface area contributed by atoms with E-state index in [9.17, 15) is 0 Å². The lowest BCUT2D eigenvalue weighted by molar-refractivity contribution is 0.0103. The summed E-state index contributed by atoms with van der Waals surface area (Å²) in [5, 5.41) is 1.16. The topological polar surface area (TPSA) is 51.4 Å². The average Bonchev–Trinajstić information content (AvgIpc) is 2.58. The Morgan fingerprint density at radius 3 is 3.05 bits per heavy atom. The van der Waals surface area contributed by atoms with Gasteiger partial charge in [-0.2, -0.15) is 0 Å². The van der Waals surface area contributed by atoms with Crippen molar-refractivity contribution in [3.63, 3.8) is 0 Å². The number of ether oxygens (including phenoxy) is 1. The zero-order chi connectivity index (χ0) is 15.5. The van der Waals surface area contributed by atoms with Crippen molar-refractivity contribution in [3.05, 3.63) is 40.5 Å². The van der Waals surface area contributed by atoms with E-state index in [1.807, 2.05) is 12.3 Å². The molecule has 1 aliphatic heterocycles. The molecule has 1 aliphatic rings. The molecule has 3 rings (SSSR count). The number of methoxy groups -OCH3 is 1. The number of hydrogen-bond donors (Lipinski definition) is 1. The van der Waals surface area contributed by atoms with Gasteiger partial charge in [0.05, 0.1) is 11.6 Å². The molecule has 1 fully saturated rings. The average molecular weight is 364 g/mol. The predicted molar refractivity (Wildman–Crippen MR) is 92.7 cm³/mol. The minimum absolute atomic E-state index is 0.338. The Balaban J connectivity index is 1.85. The van der Waals surface area contributed by atoms with Crippen molar-refractivity contribution in [1.82, 2.24) is 9.88 Å². The van der Waals surface area contributed by atoms with Gasteiger partial charge in [-0.25, -0.2) is 0 Å². The molecule has 1 saturated heterocycles. The van der Waals surface area contributed by atoms with E-state index < -0.39 is 0 Å². The molecule has 2 N–H and O–H groups in total. The van der Waals surface area contributed by atoms with Crippen LogP contribution in [0.3, 0.4) is 0 Å². The summed E-state index contributed by atoms with van der Waals surface area (Å²) in [5.74, 6) is 0. The number of piperidine rings is 1. The van der Waals surface area contributed by atoms with Gasteiger partial charge in [0.15, 0.2) is 0 Å². The van der Waals surface area contributed by atoms with Gasteiger partial charge in [0, 0.05) is 48.8 Å². The highest BCUT2D eigenvalue weighted by molar-refractivity contribution is 9.10. The first-order valence-corrected chi connectivity index (χ1v) is 8.51. The van der Waals surface area contributed by atoms with Crippen molar-refractivity contribution in [2.45, 2.75) is 31.5 Å². The second-order valence-electron chi connectivity index (χ2n) is 5.85. The van der Waals surface area contributed by atoms with Gasteiger partial charge in [-0.1, -0.05) is 28.1 Å². The molecule has 2 unspecified atom stereocenters. The standard InChI is InChI=1S/C17H22BrN3O/c1-22-14-6-8-21(13(9-14)10-19)11-12-4-5-16(18)15-3-2-7-20-17(12)15/h2-5,7,13-14H,6,8-11,19H2,1H3. The van der Waals surface area contributed by atoms with Gasteiger partial charge in [-0.3, -0.25) is 9.88 Å². The zero-order valence-electron chi connectivity index (χ0n) is 12.8. The van der Waals surface area contributed by atoms with Crippen molar-refractivity contribution in [2.75, 3.05) is 20.2 Å². The van der Waals surface area contributed by atoms with Crippen molar-refractivity contribution in [3.8, 4) is 0 Å². The smallest absolute Gasteiger partial charge is 0.0758 e. The van der Waals surface area contributed by atoms with E-state index in [2.05, 4.69) is 44.0 Å². The van der Waals surface area contributed by atoms with E-state index in [1.165, 1.54) is 5.56 Å². The van der Waals surface area contributed by atoms with Crippen molar-refractivity contribution < 1.29 is 4.74 Å². The molecule has 2 atom stereocenters. The fraction of sp³-hybridized carbons (Fsp3) is 0.471. The van der Waals surface area contributed by atoms with Crippen molar-refractivity contribution in [1.29, 1.82) is 0 Å². The molecule has 118 valence electrons. The highest BCUT2D eigenvalue weighted by atomic mass is 79.9. The first-order valence-electron chi connectivity index (χ1n) is 7.72. The van der Waals surface area contributed by atoms with E-state index in [1.54, 1.807) is 7.11 Å². The quantitative estimate of drug-likeness (QED) is 0.907. The lowest BCUT2D eigenvalue weighted by atomic mass is 9.98. The van der Waals surface area contributed by atoms with E-state index in [-0.39, 0.29) is 0 Å². The van der Waals surface area contributed by atoms with Crippen molar-refractivity contribution >= 4 is 26.8 Å². The molecule has 5 heteroatoms. The Bertz CT molecular complexity index is 649. The summed E-state index contributed by atoms with van der Waals surface area (Å²) in [4.78, 5) is 7.04. The molecule has 1 aromatic carbocycles. The van der Waals surface area contributed by atoms with Crippen LogP contribution in [0.1, 0.15) is 18.4 Å². The third-order valence-electron chi connectivity index (χ3n) is 4.57. The number of hydrogen-bond acceptors (Lipinski definition) is 4. The van der Waals surface area contributed by atoms with Crippen LogP contribution in [0.4, 0.5) is 0 Å². The molecule has 0 spiro atoms. The van der Waals surface area contributed by atoms with Gasteiger partial charge in [0.1, 0.15) is 0 Å². The van der Waals surface area contributed by atoms with Crippen LogP contribution in [0.2, 0.25) is 0 Å². The van der Waals surface area contributed by atoms with Gasteiger partial charge in [-0.05, 0) is 30.5 Å². The van der Waals surface area contributed by atoms with E-state index >= 15 is 0 Å². The van der Waals surface area contributed by atoms with Crippen LogP contribution in [0.25, 0.3) is 10.9 Å². The van der Waals surface area contributed by atoms with Gasteiger partial charge in [-0.15, -0.1) is 0 Å². The predicted octanol–water partition coefficient (Wildman–Crippen LogP) is 2.94. The molecular formula is C17H22BrN3O. The maximum absolute atomic E-state index is 5.98. The fourth-order valence-electron chi connectivity index (χ4n) is 3.27. The molecule has 0 saturated carbocycles. The Morgan fingerprint density at radius 1 is 1.41 bits per heavy atom.